The number of nitrogens with zero attached hydrogens (tertiary/aromatic N) is 2. The van der Waals surface area contributed by atoms with Gasteiger partial charge in [-0.25, -0.2) is 9.79 Å². The number of amides is 4. The zero-order valence-electron chi connectivity index (χ0n) is 21.0. The van der Waals surface area contributed by atoms with E-state index in [0.29, 0.717) is 40.0 Å². The van der Waals surface area contributed by atoms with Gasteiger partial charge in [-0.05, 0) is 35.4 Å². The van der Waals surface area contributed by atoms with Crippen LogP contribution in [0.5, 0.6) is 5.88 Å². The highest BCUT2D eigenvalue weighted by Crippen LogP contribution is 2.33. The largest absolute Gasteiger partial charge is 0.494 e. The van der Waals surface area contributed by atoms with Gasteiger partial charge >= 0.3 is 6.03 Å². The quantitative estimate of drug-likeness (QED) is 0.0786. The molecule has 12 nitrogen and oxygen atoms in total. The van der Waals surface area contributed by atoms with Crippen LogP contribution < -0.4 is 16.0 Å². The van der Waals surface area contributed by atoms with Crippen molar-refractivity contribution in [2.45, 2.75) is 13.5 Å². The number of nitro benzene ring substituents is 1. The van der Waals surface area contributed by atoms with Gasteiger partial charge in [0.25, 0.3) is 11.6 Å². The molecule has 5 rings (SSSR count). The van der Waals surface area contributed by atoms with Crippen molar-refractivity contribution in [1.29, 1.82) is 0 Å². The number of carbonyl (C=O) groups is 3. The van der Waals surface area contributed by atoms with Gasteiger partial charge in [0.05, 0.1) is 21.9 Å². The zero-order valence-corrected chi connectivity index (χ0v) is 21.0. The van der Waals surface area contributed by atoms with E-state index in [-0.39, 0.29) is 28.7 Å². The van der Waals surface area contributed by atoms with E-state index in [4.69, 9.17) is 4.99 Å². The minimum absolute atomic E-state index is 0.117. The Kier molecular flexibility index (Phi) is 6.81. The van der Waals surface area contributed by atoms with Gasteiger partial charge in [0.15, 0.2) is 5.88 Å². The van der Waals surface area contributed by atoms with Crippen LogP contribution in [0.2, 0.25) is 0 Å². The number of aromatic hydroxyl groups is 1. The van der Waals surface area contributed by atoms with Gasteiger partial charge in [0, 0.05) is 42.1 Å². The predicted octanol–water partition coefficient (Wildman–Crippen LogP) is 3.77. The molecule has 0 atom stereocenters. The molecule has 4 amide bonds. The van der Waals surface area contributed by atoms with E-state index in [2.05, 4.69) is 20.9 Å². The molecule has 4 aromatic rings. The Hall–Kier alpha value is -5.78. The van der Waals surface area contributed by atoms with E-state index in [0.717, 1.165) is 5.56 Å². The van der Waals surface area contributed by atoms with Crippen LogP contribution in [0.3, 0.4) is 0 Å². The summed E-state index contributed by atoms with van der Waals surface area (Å²) in [6.07, 6.45) is 1.52. The lowest BCUT2D eigenvalue weighted by atomic mass is 9.99. The van der Waals surface area contributed by atoms with E-state index in [1.54, 1.807) is 36.4 Å². The Bertz CT molecular complexity index is 1740. The summed E-state index contributed by atoms with van der Waals surface area (Å²) in [6, 6.07) is 17.6. The second kappa shape index (κ2) is 10.5. The summed E-state index contributed by atoms with van der Waals surface area (Å²) in [5, 5.41) is 30.1. The molecule has 40 heavy (non-hydrogen) atoms. The second-order valence-corrected chi connectivity index (χ2v) is 8.96. The van der Waals surface area contributed by atoms with E-state index >= 15 is 0 Å². The monoisotopic (exact) mass is 538 g/mol. The number of hydrogen-bond donors (Lipinski definition) is 5. The number of hydrogen-bond acceptors (Lipinski definition) is 7. The maximum Gasteiger partial charge on any atom is 0.326 e. The summed E-state index contributed by atoms with van der Waals surface area (Å²) in [5.41, 5.74) is 3.70. The maximum absolute atomic E-state index is 11.8. The average molecular weight is 539 g/mol. The van der Waals surface area contributed by atoms with Crippen LogP contribution >= 0.6 is 0 Å². The molecule has 1 fully saturated rings. The SMILES string of the molecule is CC(=O)NCc1ccc(C(=Nc2ccc(/C=C3/NC(=O)NC3=O)cc2)c2c(O)[nH]c3ccc([N+](=O)[O-])cc23)cc1. The lowest BCUT2D eigenvalue weighted by Gasteiger charge is -2.10. The summed E-state index contributed by atoms with van der Waals surface area (Å²) < 4.78 is 0. The van der Waals surface area contributed by atoms with Gasteiger partial charge in [-0.1, -0.05) is 36.4 Å². The molecule has 3 aromatic carbocycles. The summed E-state index contributed by atoms with van der Waals surface area (Å²) in [4.78, 5) is 53.1. The zero-order chi connectivity index (χ0) is 28.4. The summed E-state index contributed by atoms with van der Waals surface area (Å²) in [7, 11) is 0. The van der Waals surface area contributed by atoms with Gasteiger partial charge in [-0.2, -0.15) is 0 Å². The lowest BCUT2D eigenvalue weighted by Crippen LogP contribution is -2.22. The van der Waals surface area contributed by atoms with Crippen LogP contribution in [-0.2, 0) is 16.1 Å². The molecule has 0 unspecified atom stereocenters. The van der Waals surface area contributed by atoms with Crippen molar-refractivity contribution in [2.75, 3.05) is 0 Å². The van der Waals surface area contributed by atoms with E-state index in [1.165, 1.54) is 31.2 Å². The van der Waals surface area contributed by atoms with Crippen molar-refractivity contribution in [2.24, 2.45) is 4.99 Å². The number of fused-ring (bicyclic) bond motifs is 1. The number of benzene rings is 3. The van der Waals surface area contributed by atoms with Gasteiger partial charge in [-0.15, -0.1) is 0 Å². The number of aromatic nitrogens is 1. The number of aliphatic imine (C=N–C) groups is 1. The molecule has 1 aliphatic heterocycles. The number of aromatic amines is 1. The van der Waals surface area contributed by atoms with Crippen molar-refractivity contribution < 1.29 is 24.4 Å². The van der Waals surface area contributed by atoms with Crippen LogP contribution in [0.4, 0.5) is 16.2 Å². The van der Waals surface area contributed by atoms with Gasteiger partial charge in [-0.3, -0.25) is 25.0 Å². The molecule has 0 radical (unpaired) electrons. The van der Waals surface area contributed by atoms with Gasteiger partial charge < -0.3 is 20.7 Å². The maximum atomic E-state index is 11.8. The third-order valence-electron chi connectivity index (χ3n) is 6.14. The van der Waals surface area contributed by atoms with Crippen molar-refractivity contribution >= 4 is 51.9 Å². The Balaban J connectivity index is 1.59. The molecular formula is C28H22N6O6. The number of H-pyrrole nitrogens is 1. The van der Waals surface area contributed by atoms with Gasteiger partial charge in [0.2, 0.25) is 5.91 Å². The highest BCUT2D eigenvalue weighted by Gasteiger charge is 2.23. The molecule has 1 saturated heterocycles. The third kappa shape index (κ3) is 5.41. The number of imide groups is 1. The third-order valence-corrected chi connectivity index (χ3v) is 6.14. The molecule has 5 N–H and O–H groups in total. The summed E-state index contributed by atoms with van der Waals surface area (Å²) in [6.45, 7) is 1.76. The molecule has 0 bridgehead atoms. The Morgan fingerprint density at radius 2 is 1.77 bits per heavy atom. The lowest BCUT2D eigenvalue weighted by molar-refractivity contribution is -0.384. The molecular weight excluding hydrogens is 516 g/mol. The number of rotatable bonds is 7. The van der Waals surface area contributed by atoms with E-state index in [1.807, 2.05) is 12.1 Å². The Labute approximate surface area is 226 Å². The standard InChI is InChI=1S/C28H22N6O6/c1-15(35)29-14-17-2-6-18(7-3-17)25(24-21-13-20(34(39)40)10-11-22(21)31-27(24)37)30-19-8-4-16(5-9-19)12-23-26(36)33-28(38)32-23/h2-13,31,37H,14H2,1H3,(H,29,35)(H2,32,33,36,38)/b23-12+,30-25?. The van der Waals surface area contributed by atoms with Crippen LogP contribution in [0.15, 0.2) is 77.4 Å². The first-order chi connectivity index (χ1) is 19.2. The molecule has 1 aromatic heterocycles. The minimum atomic E-state index is -0.594. The van der Waals surface area contributed by atoms with Crippen molar-refractivity contribution in [1.82, 2.24) is 20.9 Å². The highest BCUT2D eigenvalue weighted by molar-refractivity contribution is 6.22. The smallest absolute Gasteiger partial charge is 0.326 e. The van der Waals surface area contributed by atoms with Crippen LogP contribution in [0.25, 0.3) is 17.0 Å². The molecule has 1 aliphatic rings. The predicted molar refractivity (Wildman–Crippen MR) is 147 cm³/mol. The number of carbonyl (C=O) groups excluding carboxylic acids is 3. The molecule has 0 spiro atoms. The Morgan fingerprint density at radius 3 is 2.40 bits per heavy atom. The topological polar surface area (TPSA) is 179 Å². The summed E-state index contributed by atoms with van der Waals surface area (Å²) in [5.74, 6) is -0.896. The fourth-order valence-corrected chi connectivity index (χ4v) is 4.21. The Morgan fingerprint density at radius 1 is 1.05 bits per heavy atom. The van der Waals surface area contributed by atoms with Crippen molar-refractivity contribution in [3.05, 3.63) is 105 Å². The molecule has 0 aliphatic carbocycles. The number of urea groups is 1. The first kappa shape index (κ1) is 25.9. The minimum Gasteiger partial charge on any atom is -0.494 e. The first-order valence-corrected chi connectivity index (χ1v) is 12.0. The van der Waals surface area contributed by atoms with Crippen LogP contribution in [0, 0.1) is 10.1 Å². The van der Waals surface area contributed by atoms with Crippen molar-refractivity contribution in [3.8, 4) is 5.88 Å². The fourth-order valence-electron chi connectivity index (χ4n) is 4.21. The normalized spacial score (nSPS) is 14.3. The fraction of sp³-hybridized carbons (Fsp3) is 0.0714. The van der Waals surface area contributed by atoms with Crippen LogP contribution in [0.1, 0.15) is 29.2 Å². The van der Waals surface area contributed by atoms with E-state index in [9.17, 15) is 29.6 Å². The summed E-state index contributed by atoms with van der Waals surface area (Å²) >= 11 is 0. The number of nitrogens with one attached hydrogen (secondary N) is 4. The average Bonchev–Trinajstić information content (AvgIpc) is 3.43. The molecule has 12 heteroatoms. The number of nitro groups is 1. The molecule has 200 valence electrons. The number of non-ortho nitro benzene ring substituents is 1. The first-order valence-electron chi connectivity index (χ1n) is 12.0. The highest BCUT2D eigenvalue weighted by atomic mass is 16.6. The van der Waals surface area contributed by atoms with E-state index < -0.39 is 16.9 Å². The molecule has 2 heterocycles. The molecule has 0 saturated carbocycles. The van der Waals surface area contributed by atoms with Gasteiger partial charge in [0.1, 0.15) is 5.70 Å². The van der Waals surface area contributed by atoms with Crippen molar-refractivity contribution in [3.63, 3.8) is 0 Å². The van der Waals surface area contributed by atoms with Crippen LogP contribution in [-0.4, -0.2) is 38.6 Å². The second-order valence-electron chi connectivity index (χ2n) is 8.96.